The molecule has 0 aliphatic carbocycles. The van der Waals surface area contributed by atoms with Crippen LogP contribution in [-0.2, 0) is 0 Å². The molecule has 0 aliphatic heterocycles. The molecule has 0 bridgehead atoms. The topological polar surface area (TPSA) is 21.3 Å². The number of ether oxygens (including phenoxy) is 1. The Morgan fingerprint density at radius 3 is 2.65 bits per heavy atom. The summed E-state index contributed by atoms with van der Waals surface area (Å²) in [5, 5.41) is 2.85. The van der Waals surface area contributed by atoms with Crippen LogP contribution in [0.4, 0.5) is 18.9 Å². The van der Waals surface area contributed by atoms with Gasteiger partial charge in [-0.3, -0.25) is 0 Å². The van der Waals surface area contributed by atoms with E-state index in [0.29, 0.717) is 25.1 Å². The summed E-state index contributed by atoms with van der Waals surface area (Å²) in [6.45, 7) is 0.502. The summed E-state index contributed by atoms with van der Waals surface area (Å²) in [4.78, 5) is 0. The van der Waals surface area contributed by atoms with Crippen molar-refractivity contribution in [3.05, 3.63) is 24.3 Å². The Bertz CT molecular complexity index is 395. The van der Waals surface area contributed by atoms with E-state index in [4.69, 9.17) is 6.42 Å². The molecule has 0 saturated heterocycles. The fraction of sp³-hybridized carbons (Fsp3) is 0.333. The van der Waals surface area contributed by atoms with Gasteiger partial charge in [-0.25, -0.2) is 0 Å². The molecule has 0 fully saturated rings. The predicted octanol–water partition coefficient (Wildman–Crippen LogP) is 3.41. The number of hydrogen-bond donors (Lipinski definition) is 1. The highest BCUT2D eigenvalue weighted by Gasteiger charge is 2.31. The van der Waals surface area contributed by atoms with Crippen LogP contribution in [0.25, 0.3) is 0 Å². The molecule has 2 nitrogen and oxygen atoms in total. The lowest BCUT2D eigenvalue weighted by molar-refractivity contribution is -0.274. The van der Waals surface area contributed by atoms with Gasteiger partial charge in [0.15, 0.2) is 5.75 Å². The number of halogens is 3. The number of anilines is 1. The van der Waals surface area contributed by atoms with Crippen LogP contribution < -0.4 is 10.1 Å². The number of terminal acetylenes is 1. The molecule has 0 unspecified atom stereocenters. The molecule has 0 aliphatic rings. The van der Waals surface area contributed by atoms with Gasteiger partial charge in [0, 0.05) is 13.0 Å². The zero-order valence-corrected chi connectivity index (χ0v) is 9.05. The van der Waals surface area contributed by atoms with Crippen molar-refractivity contribution < 1.29 is 17.9 Å². The molecule has 1 aromatic carbocycles. The Hall–Kier alpha value is -1.83. The van der Waals surface area contributed by atoms with E-state index < -0.39 is 6.36 Å². The summed E-state index contributed by atoms with van der Waals surface area (Å²) >= 11 is 0. The smallest absolute Gasteiger partial charge is 0.404 e. The number of unbranched alkanes of at least 4 members (excludes halogenated alkanes) is 1. The lowest BCUT2D eigenvalue weighted by Crippen LogP contribution is -2.18. The minimum absolute atomic E-state index is 0.235. The quantitative estimate of drug-likeness (QED) is 0.632. The third-order valence-electron chi connectivity index (χ3n) is 1.93. The molecule has 1 rings (SSSR count). The zero-order valence-electron chi connectivity index (χ0n) is 9.05. The Balaban J connectivity index is 2.62. The van der Waals surface area contributed by atoms with E-state index in [1.807, 2.05) is 0 Å². The Morgan fingerprint density at radius 2 is 2.00 bits per heavy atom. The minimum Gasteiger partial charge on any atom is -0.404 e. The second-order valence-electron chi connectivity index (χ2n) is 3.28. The summed E-state index contributed by atoms with van der Waals surface area (Å²) < 4.78 is 40.2. The summed E-state index contributed by atoms with van der Waals surface area (Å²) in [7, 11) is 0. The molecule has 1 N–H and O–H groups in total. The van der Waals surface area contributed by atoms with Crippen LogP contribution >= 0.6 is 0 Å². The molecule has 1 aromatic rings. The van der Waals surface area contributed by atoms with E-state index in [-0.39, 0.29) is 5.75 Å². The average molecular weight is 243 g/mol. The van der Waals surface area contributed by atoms with Gasteiger partial charge < -0.3 is 10.1 Å². The van der Waals surface area contributed by atoms with Crippen LogP contribution in [0.1, 0.15) is 12.8 Å². The van der Waals surface area contributed by atoms with E-state index >= 15 is 0 Å². The summed E-state index contributed by atoms with van der Waals surface area (Å²) in [5.74, 6) is 2.22. The monoisotopic (exact) mass is 243 g/mol. The van der Waals surface area contributed by atoms with Crippen molar-refractivity contribution in [1.29, 1.82) is 0 Å². The minimum atomic E-state index is -4.68. The first-order valence-electron chi connectivity index (χ1n) is 5.05. The highest BCUT2D eigenvalue weighted by molar-refractivity contribution is 5.56. The number of benzene rings is 1. The maximum absolute atomic E-state index is 12.1. The zero-order chi connectivity index (χ0) is 12.7. The summed E-state index contributed by atoms with van der Waals surface area (Å²) in [6.07, 6.45) is 1.66. The summed E-state index contributed by atoms with van der Waals surface area (Å²) in [6, 6.07) is 5.90. The fourth-order valence-electron chi connectivity index (χ4n) is 1.24. The van der Waals surface area contributed by atoms with Gasteiger partial charge in [-0.2, -0.15) is 0 Å². The lowest BCUT2D eigenvalue weighted by Gasteiger charge is -2.14. The van der Waals surface area contributed by atoms with Crippen molar-refractivity contribution in [1.82, 2.24) is 0 Å². The molecule has 0 radical (unpaired) electrons. The predicted molar refractivity (Wildman–Crippen MR) is 59.7 cm³/mol. The van der Waals surface area contributed by atoms with Crippen molar-refractivity contribution >= 4 is 5.69 Å². The van der Waals surface area contributed by atoms with Crippen molar-refractivity contribution in [2.75, 3.05) is 11.9 Å². The molecular weight excluding hydrogens is 231 g/mol. The number of nitrogens with one attached hydrogen (secondary N) is 1. The SMILES string of the molecule is C#CCCCNc1ccccc1OC(F)(F)F. The van der Waals surface area contributed by atoms with Gasteiger partial charge in [-0.05, 0) is 18.6 Å². The molecular formula is C12H12F3NO. The first-order valence-corrected chi connectivity index (χ1v) is 5.05. The van der Waals surface area contributed by atoms with Crippen LogP contribution in [0.5, 0.6) is 5.75 Å². The third kappa shape index (κ3) is 5.16. The largest absolute Gasteiger partial charge is 0.573 e. The maximum atomic E-state index is 12.1. The molecule has 0 saturated carbocycles. The van der Waals surface area contributed by atoms with Crippen LogP contribution in [0.2, 0.25) is 0 Å². The molecule has 92 valence electrons. The molecule has 0 aromatic heterocycles. The standard InChI is InChI=1S/C12H12F3NO/c1-2-3-6-9-16-10-7-4-5-8-11(10)17-12(13,14)15/h1,4-5,7-8,16H,3,6,9H2. The first-order chi connectivity index (χ1) is 8.03. The van der Waals surface area contributed by atoms with E-state index in [0.717, 1.165) is 0 Å². The normalized spacial score (nSPS) is 10.7. The number of alkyl halides is 3. The highest BCUT2D eigenvalue weighted by atomic mass is 19.4. The Kier molecular flexibility index (Phi) is 4.70. The van der Waals surface area contributed by atoms with Crippen molar-refractivity contribution in [3.8, 4) is 18.1 Å². The number of para-hydroxylation sites is 2. The van der Waals surface area contributed by atoms with Crippen LogP contribution in [0.3, 0.4) is 0 Å². The summed E-state index contributed by atoms with van der Waals surface area (Å²) in [5.41, 5.74) is 0.307. The van der Waals surface area contributed by atoms with E-state index in [9.17, 15) is 13.2 Å². The maximum Gasteiger partial charge on any atom is 0.573 e. The van der Waals surface area contributed by atoms with Crippen molar-refractivity contribution in [2.24, 2.45) is 0 Å². The van der Waals surface area contributed by atoms with E-state index in [1.165, 1.54) is 18.2 Å². The van der Waals surface area contributed by atoms with Crippen molar-refractivity contribution in [3.63, 3.8) is 0 Å². The fourth-order valence-corrected chi connectivity index (χ4v) is 1.24. The van der Waals surface area contributed by atoms with Gasteiger partial charge in [-0.1, -0.05) is 12.1 Å². The van der Waals surface area contributed by atoms with Gasteiger partial charge in [-0.15, -0.1) is 25.5 Å². The second-order valence-corrected chi connectivity index (χ2v) is 3.28. The van der Waals surface area contributed by atoms with Gasteiger partial charge in [0.2, 0.25) is 0 Å². The van der Waals surface area contributed by atoms with Crippen LogP contribution in [0, 0.1) is 12.3 Å². The van der Waals surface area contributed by atoms with Crippen molar-refractivity contribution in [2.45, 2.75) is 19.2 Å². The molecule has 5 heteroatoms. The Morgan fingerprint density at radius 1 is 1.29 bits per heavy atom. The lowest BCUT2D eigenvalue weighted by atomic mass is 10.2. The van der Waals surface area contributed by atoms with Gasteiger partial charge >= 0.3 is 6.36 Å². The van der Waals surface area contributed by atoms with Gasteiger partial charge in [0.25, 0.3) is 0 Å². The molecule has 0 spiro atoms. The Labute approximate surface area is 97.8 Å². The highest BCUT2D eigenvalue weighted by Crippen LogP contribution is 2.29. The second kappa shape index (κ2) is 6.04. The third-order valence-corrected chi connectivity index (χ3v) is 1.93. The molecule has 0 atom stereocenters. The molecule has 17 heavy (non-hydrogen) atoms. The molecule has 0 heterocycles. The first kappa shape index (κ1) is 13.2. The van der Waals surface area contributed by atoms with Gasteiger partial charge in [0.1, 0.15) is 0 Å². The number of hydrogen-bond acceptors (Lipinski definition) is 2. The van der Waals surface area contributed by atoms with Crippen LogP contribution in [0.15, 0.2) is 24.3 Å². The van der Waals surface area contributed by atoms with Crippen LogP contribution in [-0.4, -0.2) is 12.9 Å². The molecule has 0 amide bonds. The number of rotatable bonds is 5. The average Bonchev–Trinajstić information content (AvgIpc) is 2.24. The van der Waals surface area contributed by atoms with E-state index in [2.05, 4.69) is 16.0 Å². The van der Waals surface area contributed by atoms with Gasteiger partial charge in [0.05, 0.1) is 5.69 Å². The van der Waals surface area contributed by atoms with E-state index in [1.54, 1.807) is 6.07 Å².